The predicted octanol–water partition coefficient (Wildman–Crippen LogP) is 2.33. The highest BCUT2D eigenvalue weighted by molar-refractivity contribution is 9.10. The third-order valence-electron chi connectivity index (χ3n) is 1.44. The molecule has 0 saturated carbocycles. The van der Waals surface area contributed by atoms with E-state index < -0.39 is 0 Å². The van der Waals surface area contributed by atoms with Crippen molar-refractivity contribution < 1.29 is 9.59 Å². The van der Waals surface area contributed by atoms with Gasteiger partial charge in [0.25, 0.3) is 0 Å². The lowest BCUT2D eigenvalue weighted by atomic mass is 10.0. The van der Waals surface area contributed by atoms with Crippen molar-refractivity contribution in [3.8, 4) is 0 Å². The largest absolute Gasteiger partial charge is 0.290 e. The summed E-state index contributed by atoms with van der Waals surface area (Å²) in [5, 5.41) is 0. The highest BCUT2D eigenvalue weighted by atomic mass is 79.9. The van der Waals surface area contributed by atoms with Crippen molar-refractivity contribution in [1.82, 2.24) is 0 Å². The lowest BCUT2D eigenvalue weighted by Gasteiger charge is -2.11. The number of Topliss-reactive ketones (excluding diaryl/α,β-unsaturated/α-hetero) is 2. The Morgan fingerprint density at radius 3 is 1.67 bits per heavy atom. The van der Waals surface area contributed by atoms with E-state index in [-0.39, 0.29) is 27.1 Å². The third-order valence-corrected chi connectivity index (χ3v) is 3.33. The van der Waals surface area contributed by atoms with Crippen LogP contribution >= 0.6 is 31.9 Å². The Labute approximate surface area is 89.4 Å². The average Bonchev–Trinajstić information content (AvgIpc) is 2.00. The maximum absolute atomic E-state index is 11.3. The molecule has 2 atom stereocenters. The lowest BCUT2D eigenvalue weighted by molar-refractivity contribution is -0.136. The Morgan fingerprint density at radius 1 is 1.00 bits per heavy atom. The highest BCUT2D eigenvalue weighted by Gasteiger charge is 2.27. The molecule has 0 aliphatic heterocycles. The van der Waals surface area contributed by atoms with E-state index in [4.69, 9.17) is 0 Å². The van der Waals surface area contributed by atoms with Crippen LogP contribution in [-0.2, 0) is 9.59 Å². The van der Waals surface area contributed by atoms with Crippen LogP contribution in [0.1, 0.15) is 20.8 Å². The summed E-state index contributed by atoms with van der Waals surface area (Å²) < 4.78 is 0. The van der Waals surface area contributed by atoms with Crippen molar-refractivity contribution in [2.75, 3.05) is 0 Å². The number of carbonyl (C=O) groups excluding carboxylic acids is 2. The fraction of sp³-hybridized carbons (Fsp3) is 0.750. The molecule has 0 spiro atoms. The number of carbonyl (C=O) groups is 2. The van der Waals surface area contributed by atoms with E-state index in [0.717, 1.165) is 0 Å². The van der Waals surface area contributed by atoms with Crippen molar-refractivity contribution in [1.29, 1.82) is 0 Å². The molecule has 2 nitrogen and oxygen atoms in total. The second-order valence-electron chi connectivity index (χ2n) is 2.99. The van der Waals surface area contributed by atoms with Gasteiger partial charge < -0.3 is 0 Å². The van der Waals surface area contributed by atoms with Gasteiger partial charge in [-0.15, -0.1) is 0 Å². The van der Waals surface area contributed by atoms with Crippen LogP contribution in [0.15, 0.2) is 0 Å². The van der Waals surface area contributed by atoms with Crippen LogP contribution in [0.25, 0.3) is 0 Å². The Hall–Kier alpha value is 0.300. The lowest BCUT2D eigenvalue weighted by Crippen LogP contribution is -2.31. The Morgan fingerprint density at radius 2 is 1.42 bits per heavy atom. The van der Waals surface area contributed by atoms with Crippen molar-refractivity contribution in [3.05, 3.63) is 0 Å². The molecule has 0 radical (unpaired) electrons. The number of rotatable bonds is 4. The first-order valence-electron chi connectivity index (χ1n) is 3.74. The summed E-state index contributed by atoms with van der Waals surface area (Å²) in [5.41, 5.74) is 0. The van der Waals surface area contributed by atoms with E-state index in [1.165, 1.54) is 0 Å². The van der Waals surface area contributed by atoms with E-state index in [0.29, 0.717) is 0 Å². The van der Waals surface area contributed by atoms with Crippen LogP contribution in [0, 0.1) is 5.92 Å². The number of hydrogen-bond acceptors (Lipinski definition) is 2. The Balaban J connectivity index is 4.30. The van der Waals surface area contributed by atoms with E-state index in [9.17, 15) is 9.59 Å². The molecule has 0 fully saturated rings. The standard InChI is InChI=1S/C8H12Br2O2/c1-4(2)6(10)8(12)7(11)5(3)9/h4-6H,1-3H3. The van der Waals surface area contributed by atoms with Gasteiger partial charge in [0.2, 0.25) is 11.6 Å². The van der Waals surface area contributed by atoms with Crippen LogP contribution in [0.4, 0.5) is 0 Å². The molecular formula is C8H12Br2O2. The second kappa shape index (κ2) is 5.12. The first-order valence-corrected chi connectivity index (χ1v) is 5.57. The summed E-state index contributed by atoms with van der Waals surface area (Å²) in [6.07, 6.45) is 0. The monoisotopic (exact) mass is 298 g/mol. The van der Waals surface area contributed by atoms with Gasteiger partial charge in [-0.2, -0.15) is 0 Å². The van der Waals surface area contributed by atoms with Crippen molar-refractivity contribution in [2.45, 2.75) is 30.4 Å². The molecule has 4 heteroatoms. The minimum atomic E-state index is -0.385. The van der Waals surface area contributed by atoms with Crippen LogP contribution < -0.4 is 0 Å². The van der Waals surface area contributed by atoms with Gasteiger partial charge in [0.15, 0.2) is 0 Å². The molecule has 0 bridgehead atoms. The van der Waals surface area contributed by atoms with Crippen molar-refractivity contribution in [2.24, 2.45) is 5.92 Å². The molecule has 0 heterocycles. The molecule has 70 valence electrons. The third kappa shape index (κ3) is 3.35. The summed E-state index contributed by atoms with van der Waals surface area (Å²) in [4.78, 5) is 21.7. The zero-order valence-electron chi connectivity index (χ0n) is 7.30. The summed E-state index contributed by atoms with van der Waals surface area (Å²) in [5.74, 6) is -0.576. The smallest absolute Gasteiger partial charge is 0.213 e. The van der Waals surface area contributed by atoms with Gasteiger partial charge in [-0.05, 0) is 12.8 Å². The molecule has 0 amide bonds. The number of alkyl halides is 2. The van der Waals surface area contributed by atoms with E-state index in [1.54, 1.807) is 6.92 Å². The van der Waals surface area contributed by atoms with Gasteiger partial charge in [0.05, 0.1) is 9.65 Å². The van der Waals surface area contributed by atoms with Gasteiger partial charge in [-0.1, -0.05) is 45.7 Å². The molecule has 0 aromatic carbocycles. The predicted molar refractivity (Wildman–Crippen MR) is 56.0 cm³/mol. The fourth-order valence-corrected chi connectivity index (χ4v) is 1.09. The SMILES string of the molecule is CC(Br)C(=O)C(=O)C(Br)C(C)C. The molecule has 0 aliphatic carbocycles. The zero-order valence-corrected chi connectivity index (χ0v) is 10.5. The van der Waals surface area contributed by atoms with E-state index in [1.807, 2.05) is 13.8 Å². The summed E-state index contributed by atoms with van der Waals surface area (Å²) in [7, 11) is 0. The number of hydrogen-bond donors (Lipinski definition) is 0. The zero-order chi connectivity index (χ0) is 9.89. The van der Waals surface area contributed by atoms with Gasteiger partial charge >= 0.3 is 0 Å². The van der Waals surface area contributed by atoms with Gasteiger partial charge in [0.1, 0.15) is 0 Å². The summed E-state index contributed by atoms with van der Waals surface area (Å²) in [6, 6.07) is 0. The number of halogens is 2. The molecule has 0 aromatic heterocycles. The maximum atomic E-state index is 11.3. The average molecular weight is 300 g/mol. The normalized spacial score (nSPS) is 15.8. The molecule has 2 unspecified atom stereocenters. The van der Waals surface area contributed by atoms with Crippen molar-refractivity contribution >= 4 is 43.4 Å². The Kier molecular flexibility index (Phi) is 5.25. The fourth-order valence-electron chi connectivity index (χ4n) is 0.635. The topological polar surface area (TPSA) is 34.1 Å². The molecule has 0 saturated heterocycles. The van der Waals surface area contributed by atoms with Crippen LogP contribution in [-0.4, -0.2) is 21.2 Å². The first-order chi connectivity index (χ1) is 5.37. The maximum Gasteiger partial charge on any atom is 0.213 e. The minimum absolute atomic E-state index is 0.146. The molecular weight excluding hydrogens is 288 g/mol. The van der Waals surface area contributed by atoms with Crippen molar-refractivity contribution in [3.63, 3.8) is 0 Å². The molecule has 0 aliphatic rings. The van der Waals surface area contributed by atoms with E-state index >= 15 is 0 Å². The molecule has 12 heavy (non-hydrogen) atoms. The van der Waals surface area contributed by atoms with Gasteiger partial charge in [0, 0.05) is 0 Å². The molecule has 0 aromatic rings. The van der Waals surface area contributed by atoms with Crippen LogP contribution in [0.2, 0.25) is 0 Å². The quantitative estimate of drug-likeness (QED) is 0.590. The summed E-state index contributed by atoms with van der Waals surface area (Å²) >= 11 is 6.25. The van der Waals surface area contributed by atoms with Crippen LogP contribution in [0.3, 0.4) is 0 Å². The van der Waals surface area contributed by atoms with Gasteiger partial charge in [-0.25, -0.2) is 0 Å². The van der Waals surface area contributed by atoms with Crippen LogP contribution in [0.5, 0.6) is 0 Å². The highest BCUT2D eigenvalue weighted by Crippen LogP contribution is 2.15. The Bertz CT molecular complexity index is 187. The minimum Gasteiger partial charge on any atom is -0.290 e. The van der Waals surface area contributed by atoms with Gasteiger partial charge in [-0.3, -0.25) is 9.59 Å². The number of ketones is 2. The first kappa shape index (κ1) is 12.3. The molecule has 0 rings (SSSR count). The summed E-state index contributed by atoms with van der Waals surface area (Å²) in [6.45, 7) is 5.44. The second-order valence-corrected chi connectivity index (χ2v) is 5.35. The molecule has 0 N–H and O–H groups in total. The van der Waals surface area contributed by atoms with E-state index in [2.05, 4.69) is 31.9 Å².